The van der Waals surface area contributed by atoms with Crippen molar-refractivity contribution < 1.29 is 9.94 Å². The SMILES string of the molecule is CC(C)(O)CCCON1C(C)(C)c2ccccc2C1(C)C. The van der Waals surface area contributed by atoms with Crippen LogP contribution in [0, 0.1) is 0 Å². The summed E-state index contributed by atoms with van der Waals surface area (Å²) < 4.78 is 0. The van der Waals surface area contributed by atoms with Gasteiger partial charge in [0.15, 0.2) is 0 Å². The van der Waals surface area contributed by atoms with Gasteiger partial charge in [0.05, 0.1) is 23.3 Å². The molecular weight excluding hydrogens is 262 g/mol. The van der Waals surface area contributed by atoms with Crippen LogP contribution in [-0.4, -0.2) is 22.4 Å². The van der Waals surface area contributed by atoms with Gasteiger partial charge < -0.3 is 5.11 Å². The fraction of sp³-hybridized carbons (Fsp3) is 0.667. The average molecular weight is 291 g/mol. The van der Waals surface area contributed by atoms with Crippen LogP contribution in [0.4, 0.5) is 0 Å². The third kappa shape index (κ3) is 3.15. The lowest BCUT2D eigenvalue weighted by atomic mass is 9.91. The Morgan fingerprint density at radius 2 is 1.52 bits per heavy atom. The van der Waals surface area contributed by atoms with Crippen molar-refractivity contribution in [3.05, 3.63) is 35.4 Å². The highest BCUT2D eigenvalue weighted by Crippen LogP contribution is 2.49. The third-order valence-corrected chi connectivity index (χ3v) is 4.41. The molecule has 0 aliphatic carbocycles. The largest absolute Gasteiger partial charge is 0.390 e. The van der Waals surface area contributed by atoms with E-state index in [9.17, 15) is 5.11 Å². The smallest absolute Gasteiger partial charge is 0.0687 e. The monoisotopic (exact) mass is 291 g/mol. The summed E-state index contributed by atoms with van der Waals surface area (Å²) in [5.41, 5.74) is 1.75. The zero-order valence-corrected chi connectivity index (χ0v) is 14.2. The first kappa shape index (κ1) is 16.5. The standard InChI is InChI=1S/C18H29NO2/c1-16(2,20)12-9-13-21-19-17(3,4)14-10-7-8-11-15(14)18(19,5)6/h7-8,10-11,20H,9,12-13H2,1-6H3. The maximum atomic E-state index is 9.79. The lowest BCUT2D eigenvalue weighted by Crippen LogP contribution is -2.45. The van der Waals surface area contributed by atoms with Gasteiger partial charge in [-0.15, -0.1) is 0 Å². The van der Waals surface area contributed by atoms with Gasteiger partial charge in [-0.25, -0.2) is 0 Å². The molecule has 1 aliphatic rings. The number of hydroxylamine groups is 2. The number of fused-ring (bicyclic) bond motifs is 1. The van der Waals surface area contributed by atoms with Crippen LogP contribution in [0.15, 0.2) is 24.3 Å². The Balaban J connectivity index is 2.11. The quantitative estimate of drug-likeness (QED) is 0.834. The molecule has 3 nitrogen and oxygen atoms in total. The van der Waals surface area contributed by atoms with E-state index in [1.54, 1.807) is 0 Å². The molecule has 1 aliphatic heterocycles. The van der Waals surface area contributed by atoms with Gasteiger partial charge in [-0.05, 0) is 65.5 Å². The van der Waals surface area contributed by atoms with Gasteiger partial charge in [0.1, 0.15) is 0 Å². The summed E-state index contributed by atoms with van der Waals surface area (Å²) in [5, 5.41) is 11.9. The summed E-state index contributed by atoms with van der Waals surface area (Å²) in [4.78, 5) is 6.13. The lowest BCUT2D eigenvalue weighted by Gasteiger charge is -2.39. The van der Waals surface area contributed by atoms with Crippen LogP contribution in [0.2, 0.25) is 0 Å². The molecule has 0 aromatic heterocycles. The van der Waals surface area contributed by atoms with Gasteiger partial charge in [-0.2, -0.15) is 5.06 Å². The van der Waals surface area contributed by atoms with Crippen LogP contribution >= 0.6 is 0 Å². The Morgan fingerprint density at radius 3 is 1.95 bits per heavy atom. The van der Waals surface area contributed by atoms with Crippen LogP contribution in [0.3, 0.4) is 0 Å². The van der Waals surface area contributed by atoms with E-state index in [4.69, 9.17) is 4.84 Å². The molecule has 0 amide bonds. The number of aliphatic hydroxyl groups is 1. The van der Waals surface area contributed by atoms with Crippen molar-refractivity contribution in [2.24, 2.45) is 0 Å². The molecule has 2 rings (SSSR count). The van der Waals surface area contributed by atoms with Crippen molar-refractivity contribution in [1.29, 1.82) is 0 Å². The number of rotatable bonds is 5. The van der Waals surface area contributed by atoms with E-state index < -0.39 is 5.60 Å². The zero-order chi connectivity index (χ0) is 15.9. The molecule has 0 saturated carbocycles. The molecule has 1 N–H and O–H groups in total. The summed E-state index contributed by atoms with van der Waals surface area (Å²) in [6, 6.07) is 8.57. The van der Waals surface area contributed by atoms with E-state index in [0.29, 0.717) is 6.61 Å². The second-order valence-electron chi connectivity index (χ2n) is 7.71. The van der Waals surface area contributed by atoms with Crippen LogP contribution < -0.4 is 0 Å². The molecule has 0 radical (unpaired) electrons. The van der Waals surface area contributed by atoms with Gasteiger partial charge in [0.25, 0.3) is 0 Å². The van der Waals surface area contributed by atoms with Crippen molar-refractivity contribution in [3.8, 4) is 0 Å². The number of benzene rings is 1. The van der Waals surface area contributed by atoms with Gasteiger partial charge >= 0.3 is 0 Å². The minimum Gasteiger partial charge on any atom is -0.390 e. The van der Waals surface area contributed by atoms with Gasteiger partial charge in [0.2, 0.25) is 0 Å². The normalized spacial score (nSPS) is 20.5. The average Bonchev–Trinajstić information content (AvgIpc) is 2.50. The molecule has 1 heterocycles. The number of hydrogen-bond acceptors (Lipinski definition) is 3. The van der Waals surface area contributed by atoms with Crippen molar-refractivity contribution in [2.45, 2.75) is 71.1 Å². The van der Waals surface area contributed by atoms with Crippen LogP contribution in [-0.2, 0) is 15.9 Å². The van der Waals surface area contributed by atoms with Gasteiger partial charge in [0, 0.05) is 0 Å². The number of hydrogen-bond donors (Lipinski definition) is 1. The Bertz CT molecular complexity index is 465. The summed E-state index contributed by atoms with van der Waals surface area (Å²) in [7, 11) is 0. The molecule has 0 atom stereocenters. The summed E-state index contributed by atoms with van der Waals surface area (Å²) in [5.74, 6) is 0. The van der Waals surface area contributed by atoms with E-state index in [1.165, 1.54) is 11.1 Å². The van der Waals surface area contributed by atoms with Crippen molar-refractivity contribution in [2.75, 3.05) is 6.61 Å². The Hall–Kier alpha value is -0.900. The van der Waals surface area contributed by atoms with E-state index in [0.717, 1.165) is 12.8 Å². The molecule has 3 heteroatoms. The van der Waals surface area contributed by atoms with Crippen molar-refractivity contribution in [3.63, 3.8) is 0 Å². The molecular formula is C18H29NO2. The highest BCUT2D eigenvalue weighted by atomic mass is 16.7. The molecule has 0 saturated heterocycles. The molecule has 0 fully saturated rings. The Kier molecular flexibility index (Phi) is 4.22. The Labute approximate surface area is 128 Å². The fourth-order valence-corrected chi connectivity index (χ4v) is 3.45. The highest BCUT2D eigenvalue weighted by molar-refractivity contribution is 5.42. The van der Waals surface area contributed by atoms with E-state index in [1.807, 2.05) is 13.8 Å². The maximum absolute atomic E-state index is 9.79. The molecule has 21 heavy (non-hydrogen) atoms. The second-order valence-corrected chi connectivity index (χ2v) is 7.71. The number of nitrogens with zero attached hydrogens (tertiary/aromatic N) is 1. The van der Waals surface area contributed by atoms with E-state index in [-0.39, 0.29) is 11.1 Å². The summed E-state index contributed by atoms with van der Waals surface area (Å²) in [6.07, 6.45) is 1.59. The minimum atomic E-state index is -0.623. The summed E-state index contributed by atoms with van der Waals surface area (Å²) in [6.45, 7) is 13.1. The molecule has 118 valence electrons. The topological polar surface area (TPSA) is 32.7 Å². The van der Waals surface area contributed by atoms with Gasteiger partial charge in [-0.1, -0.05) is 24.3 Å². The zero-order valence-electron chi connectivity index (χ0n) is 14.2. The first-order valence-corrected chi connectivity index (χ1v) is 7.82. The molecule has 0 bridgehead atoms. The lowest BCUT2D eigenvalue weighted by molar-refractivity contribution is -0.262. The molecule has 0 unspecified atom stereocenters. The van der Waals surface area contributed by atoms with Gasteiger partial charge in [-0.3, -0.25) is 4.84 Å². The predicted octanol–water partition coefficient (Wildman–Crippen LogP) is 3.96. The Morgan fingerprint density at radius 1 is 1.05 bits per heavy atom. The minimum absolute atomic E-state index is 0.144. The maximum Gasteiger partial charge on any atom is 0.0687 e. The first-order chi connectivity index (χ1) is 9.57. The predicted molar refractivity (Wildman–Crippen MR) is 85.8 cm³/mol. The van der Waals surface area contributed by atoms with Crippen LogP contribution in [0.1, 0.15) is 65.5 Å². The fourth-order valence-electron chi connectivity index (χ4n) is 3.45. The summed E-state index contributed by atoms with van der Waals surface area (Å²) >= 11 is 0. The van der Waals surface area contributed by atoms with Crippen molar-refractivity contribution >= 4 is 0 Å². The highest BCUT2D eigenvalue weighted by Gasteiger charge is 2.49. The second kappa shape index (κ2) is 5.38. The molecule has 1 aromatic carbocycles. The first-order valence-electron chi connectivity index (χ1n) is 7.82. The molecule has 0 spiro atoms. The van der Waals surface area contributed by atoms with Crippen LogP contribution in [0.5, 0.6) is 0 Å². The van der Waals surface area contributed by atoms with Crippen molar-refractivity contribution in [1.82, 2.24) is 5.06 Å². The van der Waals surface area contributed by atoms with Crippen LogP contribution in [0.25, 0.3) is 0 Å². The molecule has 1 aromatic rings. The third-order valence-electron chi connectivity index (χ3n) is 4.41. The van der Waals surface area contributed by atoms with E-state index in [2.05, 4.69) is 57.0 Å². The van der Waals surface area contributed by atoms with E-state index >= 15 is 0 Å².